The lowest BCUT2D eigenvalue weighted by Gasteiger charge is -2.46. The molecule has 2 aliphatic rings. The van der Waals surface area contributed by atoms with E-state index in [0.717, 1.165) is 34.4 Å². The van der Waals surface area contributed by atoms with E-state index in [9.17, 15) is 9.59 Å². The van der Waals surface area contributed by atoms with Gasteiger partial charge in [-0.1, -0.05) is 109 Å². The number of nitrogens with zero attached hydrogens (tertiary/aromatic N) is 1. The van der Waals surface area contributed by atoms with Crippen LogP contribution in [-0.2, 0) is 11.3 Å². The van der Waals surface area contributed by atoms with E-state index in [-0.39, 0.29) is 23.5 Å². The molecule has 0 radical (unpaired) electrons. The summed E-state index contributed by atoms with van der Waals surface area (Å²) in [6.45, 7) is 1.18. The van der Waals surface area contributed by atoms with Crippen molar-refractivity contribution in [3.05, 3.63) is 144 Å². The number of hydrogen-bond acceptors (Lipinski definition) is 3. The predicted octanol–water partition coefficient (Wildman–Crippen LogP) is 7.04. The summed E-state index contributed by atoms with van der Waals surface area (Å²) in [5, 5.41) is 0. The van der Waals surface area contributed by atoms with Crippen LogP contribution in [0.3, 0.4) is 0 Å². The van der Waals surface area contributed by atoms with Gasteiger partial charge >= 0.3 is 0 Å². The van der Waals surface area contributed by atoms with Gasteiger partial charge in [-0.05, 0) is 46.7 Å². The fourth-order valence-corrected chi connectivity index (χ4v) is 6.50. The second kappa shape index (κ2) is 11.4. The highest BCUT2D eigenvalue weighted by atomic mass is 16.5. The molecule has 1 saturated heterocycles. The summed E-state index contributed by atoms with van der Waals surface area (Å²) >= 11 is 0. The van der Waals surface area contributed by atoms with Crippen molar-refractivity contribution >= 4 is 17.3 Å². The summed E-state index contributed by atoms with van der Waals surface area (Å²) in [6, 6.07) is 37.9. The largest absolute Gasteiger partial charge is 0.497 e. The van der Waals surface area contributed by atoms with Crippen molar-refractivity contribution < 1.29 is 14.3 Å². The van der Waals surface area contributed by atoms with Crippen molar-refractivity contribution in [3.8, 4) is 5.75 Å². The van der Waals surface area contributed by atoms with Gasteiger partial charge in [0.15, 0.2) is 5.78 Å². The Balaban J connectivity index is 1.45. The third kappa shape index (κ3) is 4.98. The molecule has 1 heterocycles. The SMILES string of the molecule is COc1ccc(CN2CC[C@H]3C=C(c4ccccc4)[C@@H](c4ccccc4)[C@@H](C(=O)c4ccccc4)[C@@H]3C2=O)cc1. The molecule has 1 aliphatic carbocycles. The van der Waals surface area contributed by atoms with Crippen molar-refractivity contribution in [2.45, 2.75) is 18.9 Å². The fraction of sp³-hybridized carbons (Fsp3) is 0.222. The molecule has 4 aromatic rings. The summed E-state index contributed by atoms with van der Waals surface area (Å²) in [4.78, 5) is 30.8. The predicted molar refractivity (Wildman–Crippen MR) is 158 cm³/mol. The lowest BCUT2D eigenvalue weighted by molar-refractivity contribution is -0.143. The number of benzene rings is 4. The summed E-state index contributed by atoms with van der Waals surface area (Å²) < 4.78 is 5.31. The Labute approximate surface area is 235 Å². The van der Waals surface area contributed by atoms with Gasteiger partial charge in [0.25, 0.3) is 0 Å². The molecule has 0 aromatic heterocycles. The van der Waals surface area contributed by atoms with E-state index in [1.807, 2.05) is 95.9 Å². The highest BCUT2D eigenvalue weighted by molar-refractivity contribution is 6.03. The van der Waals surface area contributed by atoms with E-state index in [1.165, 1.54) is 0 Å². The van der Waals surface area contributed by atoms with Crippen molar-refractivity contribution in [1.29, 1.82) is 0 Å². The number of carbonyl (C=O) groups is 2. The van der Waals surface area contributed by atoms with Gasteiger partial charge in [0.2, 0.25) is 5.91 Å². The second-order valence-electron chi connectivity index (χ2n) is 10.7. The van der Waals surface area contributed by atoms with Crippen LogP contribution in [0.15, 0.2) is 121 Å². The standard InChI is InChI=1S/C36H33NO3/c1-40-30-19-17-25(18-20-30)24-37-22-21-29-23-31(26-11-5-2-6-12-26)32(27-13-7-3-8-14-27)34(33(29)36(37)39)35(38)28-15-9-4-10-16-28/h2-20,23,29,32-34H,21-22,24H2,1H3/t29-,32+,33+,34+/m0/s1. The minimum atomic E-state index is -0.513. The average molecular weight is 528 g/mol. The zero-order chi connectivity index (χ0) is 27.5. The van der Waals surface area contributed by atoms with Gasteiger partial charge in [-0.2, -0.15) is 0 Å². The van der Waals surface area contributed by atoms with Crippen LogP contribution in [0.25, 0.3) is 5.57 Å². The minimum Gasteiger partial charge on any atom is -0.497 e. The molecule has 1 amide bonds. The van der Waals surface area contributed by atoms with E-state index in [4.69, 9.17) is 4.74 Å². The molecule has 0 N–H and O–H groups in total. The second-order valence-corrected chi connectivity index (χ2v) is 10.7. The van der Waals surface area contributed by atoms with Gasteiger partial charge in [-0.15, -0.1) is 0 Å². The molecule has 4 atom stereocenters. The Bertz CT molecular complexity index is 1500. The average Bonchev–Trinajstić information content (AvgIpc) is 3.03. The van der Waals surface area contributed by atoms with Gasteiger partial charge in [0, 0.05) is 30.5 Å². The molecule has 40 heavy (non-hydrogen) atoms. The Morgan fingerprint density at radius 3 is 2.10 bits per heavy atom. The first-order valence-corrected chi connectivity index (χ1v) is 14.0. The maximum Gasteiger partial charge on any atom is 0.227 e. The van der Waals surface area contributed by atoms with Crippen LogP contribution in [-0.4, -0.2) is 30.2 Å². The molecule has 6 rings (SSSR count). The number of amides is 1. The smallest absolute Gasteiger partial charge is 0.227 e. The molecule has 0 unspecified atom stereocenters. The van der Waals surface area contributed by atoms with Crippen LogP contribution in [0.5, 0.6) is 5.75 Å². The van der Waals surface area contributed by atoms with Crippen LogP contribution in [0.2, 0.25) is 0 Å². The zero-order valence-corrected chi connectivity index (χ0v) is 22.6. The van der Waals surface area contributed by atoms with Gasteiger partial charge in [-0.25, -0.2) is 0 Å². The highest BCUT2D eigenvalue weighted by Gasteiger charge is 2.51. The number of carbonyl (C=O) groups excluding carboxylic acids is 2. The molecule has 4 nitrogen and oxygen atoms in total. The van der Waals surface area contributed by atoms with Gasteiger partial charge in [0.05, 0.1) is 13.0 Å². The minimum absolute atomic E-state index is 0.00699. The number of ether oxygens (including phenoxy) is 1. The number of fused-ring (bicyclic) bond motifs is 1. The Morgan fingerprint density at radius 2 is 1.45 bits per heavy atom. The Morgan fingerprint density at radius 1 is 0.825 bits per heavy atom. The van der Waals surface area contributed by atoms with E-state index < -0.39 is 11.8 Å². The van der Waals surface area contributed by atoms with Crippen molar-refractivity contribution in [1.82, 2.24) is 4.90 Å². The molecule has 1 fully saturated rings. The lowest BCUT2D eigenvalue weighted by atomic mass is 9.60. The molecular weight excluding hydrogens is 494 g/mol. The first-order chi connectivity index (χ1) is 19.6. The van der Waals surface area contributed by atoms with Crippen LogP contribution < -0.4 is 4.74 Å². The Hall–Kier alpha value is -4.44. The summed E-state index contributed by atoms with van der Waals surface area (Å²) in [5.41, 5.74) is 5.01. The number of hydrogen-bond donors (Lipinski definition) is 0. The number of methoxy groups -OCH3 is 1. The maximum atomic E-state index is 14.5. The van der Waals surface area contributed by atoms with Crippen LogP contribution in [0.1, 0.15) is 39.4 Å². The normalized spacial score (nSPS) is 22.3. The lowest BCUT2D eigenvalue weighted by Crippen LogP contribution is -2.52. The fourth-order valence-electron chi connectivity index (χ4n) is 6.50. The quantitative estimate of drug-likeness (QED) is 0.242. The first-order valence-electron chi connectivity index (χ1n) is 14.0. The van der Waals surface area contributed by atoms with Crippen LogP contribution in [0, 0.1) is 17.8 Å². The van der Waals surface area contributed by atoms with Gasteiger partial charge in [-0.3, -0.25) is 9.59 Å². The molecular formula is C36H33NO3. The molecule has 4 aromatic carbocycles. The number of allylic oxidation sites excluding steroid dienone is 2. The summed E-state index contributed by atoms with van der Waals surface area (Å²) in [6.07, 6.45) is 3.12. The van der Waals surface area contributed by atoms with Gasteiger partial charge < -0.3 is 9.64 Å². The zero-order valence-electron chi connectivity index (χ0n) is 22.6. The topological polar surface area (TPSA) is 46.6 Å². The third-order valence-corrected chi connectivity index (χ3v) is 8.42. The third-order valence-electron chi connectivity index (χ3n) is 8.42. The van der Waals surface area contributed by atoms with Crippen molar-refractivity contribution in [2.24, 2.45) is 17.8 Å². The first kappa shape index (κ1) is 25.8. The van der Waals surface area contributed by atoms with Crippen molar-refractivity contribution in [2.75, 3.05) is 13.7 Å². The number of piperidine rings is 1. The summed E-state index contributed by atoms with van der Waals surface area (Å²) in [7, 11) is 1.65. The van der Waals surface area contributed by atoms with Crippen LogP contribution in [0.4, 0.5) is 0 Å². The Kier molecular flexibility index (Phi) is 7.33. The molecule has 0 saturated carbocycles. The van der Waals surface area contributed by atoms with Crippen LogP contribution >= 0.6 is 0 Å². The number of likely N-dealkylation sites (tertiary alicyclic amines) is 1. The molecule has 1 aliphatic heterocycles. The number of Topliss-reactive ketones (excluding diaryl/α,β-unsaturated/α-hetero) is 1. The van der Waals surface area contributed by atoms with Gasteiger partial charge in [0.1, 0.15) is 5.75 Å². The molecule has 4 heteroatoms. The summed E-state index contributed by atoms with van der Waals surface area (Å²) in [5.74, 6) is -0.302. The van der Waals surface area contributed by atoms with E-state index in [0.29, 0.717) is 18.7 Å². The molecule has 0 bridgehead atoms. The van der Waals surface area contributed by atoms with Crippen molar-refractivity contribution in [3.63, 3.8) is 0 Å². The maximum absolute atomic E-state index is 14.5. The van der Waals surface area contributed by atoms with E-state index in [1.54, 1.807) is 7.11 Å². The molecule has 0 spiro atoms. The van der Waals surface area contributed by atoms with E-state index in [2.05, 4.69) is 30.3 Å². The number of rotatable bonds is 7. The number of ketones is 1. The highest BCUT2D eigenvalue weighted by Crippen LogP contribution is 2.52. The monoisotopic (exact) mass is 527 g/mol. The van der Waals surface area contributed by atoms with E-state index >= 15 is 0 Å². The molecule has 200 valence electrons.